The second-order valence-electron chi connectivity index (χ2n) is 7.24. The maximum absolute atomic E-state index is 13.5. The second-order valence-corrected chi connectivity index (χ2v) is 7.65. The summed E-state index contributed by atoms with van der Waals surface area (Å²) in [4.78, 5) is 0. The summed E-state index contributed by atoms with van der Waals surface area (Å²) in [6.45, 7) is 3.00. The maximum atomic E-state index is 13.5. The fraction of sp³-hybridized carbons (Fsp3) is 0.259. The van der Waals surface area contributed by atoms with Crippen LogP contribution >= 0.6 is 11.6 Å². The van der Waals surface area contributed by atoms with Crippen LogP contribution in [0, 0.1) is 17.7 Å². The molecular weight excluding hydrogens is 395 g/mol. The number of rotatable bonds is 8. The Morgan fingerprint density at radius 2 is 1.37 bits per heavy atom. The van der Waals surface area contributed by atoms with E-state index in [0.29, 0.717) is 5.56 Å². The van der Waals surface area contributed by atoms with Crippen molar-refractivity contribution in [1.82, 2.24) is 0 Å². The van der Waals surface area contributed by atoms with E-state index in [4.69, 9.17) is 16.3 Å². The van der Waals surface area contributed by atoms with E-state index >= 15 is 0 Å². The van der Waals surface area contributed by atoms with Crippen molar-refractivity contribution in [1.29, 1.82) is 0 Å². The molecule has 0 aliphatic rings. The Kier molecular flexibility index (Phi) is 8.36. The zero-order valence-electron chi connectivity index (χ0n) is 17.3. The average Bonchev–Trinajstić information content (AvgIpc) is 2.78. The molecule has 0 bridgehead atoms. The summed E-state index contributed by atoms with van der Waals surface area (Å²) in [6, 6.07) is 20.8. The number of unbranched alkanes of at least 4 members (excludes halogenated alkanes) is 4. The molecule has 0 heterocycles. The van der Waals surface area contributed by atoms with Gasteiger partial charge in [-0.05, 0) is 60.0 Å². The molecule has 3 heteroatoms. The van der Waals surface area contributed by atoms with Crippen LogP contribution in [0.3, 0.4) is 0 Å². The van der Waals surface area contributed by atoms with E-state index in [2.05, 4.69) is 30.9 Å². The Morgan fingerprint density at radius 1 is 0.767 bits per heavy atom. The highest BCUT2D eigenvalue weighted by atomic mass is 35.5. The Balaban J connectivity index is 1.56. The monoisotopic (exact) mass is 420 g/mol. The molecule has 30 heavy (non-hydrogen) atoms. The van der Waals surface area contributed by atoms with E-state index in [1.54, 1.807) is 6.07 Å². The van der Waals surface area contributed by atoms with Crippen LogP contribution in [0.5, 0.6) is 5.75 Å². The molecule has 1 nitrogen and oxygen atoms in total. The minimum absolute atomic E-state index is 0.105. The van der Waals surface area contributed by atoms with Crippen LogP contribution in [0.25, 0.3) is 11.1 Å². The number of ether oxygens (including phenoxy) is 1. The molecule has 0 aliphatic carbocycles. The van der Waals surface area contributed by atoms with Gasteiger partial charge in [0.15, 0.2) is 0 Å². The zero-order valence-corrected chi connectivity index (χ0v) is 18.0. The minimum atomic E-state index is -0.456. The van der Waals surface area contributed by atoms with Gasteiger partial charge in [-0.2, -0.15) is 0 Å². The van der Waals surface area contributed by atoms with Gasteiger partial charge < -0.3 is 4.74 Å². The molecule has 0 saturated carbocycles. The standard InChI is InChI=1S/C27H26ClFO/c1-2-3-4-5-6-19-30-25-16-14-24(15-17-25)23-12-9-21(10-13-23)7-8-22-11-18-26(28)27(29)20-22/h9-18,20H,2-6,19H2,1H3. The van der Waals surface area contributed by atoms with Gasteiger partial charge in [-0.1, -0.05) is 80.3 Å². The highest BCUT2D eigenvalue weighted by Gasteiger charge is 2.01. The highest BCUT2D eigenvalue weighted by Crippen LogP contribution is 2.23. The second kappa shape index (κ2) is 11.4. The minimum Gasteiger partial charge on any atom is -0.494 e. The first-order valence-corrected chi connectivity index (χ1v) is 10.8. The quantitative estimate of drug-likeness (QED) is 0.266. The van der Waals surface area contributed by atoms with Crippen LogP contribution in [0.15, 0.2) is 66.7 Å². The molecule has 154 valence electrons. The molecule has 3 aromatic carbocycles. The molecule has 0 N–H and O–H groups in total. The van der Waals surface area contributed by atoms with Gasteiger partial charge in [-0.3, -0.25) is 0 Å². The predicted molar refractivity (Wildman–Crippen MR) is 124 cm³/mol. The van der Waals surface area contributed by atoms with Gasteiger partial charge in [0.1, 0.15) is 11.6 Å². The van der Waals surface area contributed by atoms with Gasteiger partial charge in [-0.25, -0.2) is 4.39 Å². The van der Waals surface area contributed by atoms with Crippen molar-refractivity contribution in [3.63, 3.8) is 0 Å². The van der Waals surface area contributed by atoms with Crippen LogP contribution in [0.2, 0.25) is 5.02 Å². The zero-order chi connectivity index (χ0) is 21.2. The number of halogens is 2. The Morgan fingerprint density at radius 3 is 2.03 bits per heavy atom. The van der Waals surface area contributed by atoms with Crippen LogP contribution in [-0.2, 0) is 0 Å². The van der Waals surface area contributed by atoms with Gasteiger partial charge in [0.2, 0.25) is 0 Å². The lowest BCUT2D eigenvalue weighted by molar-refractivity contribution is 0.304. The summed E-state index contributed by atoms with van der Waals surface area (Å²) in [7, 11) is 0. The molecule has 0 atom stereocenters. The van der Waals surface area contributed by atoms with E-state index < -0.39 is 5.82 Å². The van der Waals surface area contributed by atoms with Gasteiger partial charge in [0.25, 0.3) is 0 Å². The fourth-order valence-corrected chi connectivity index (χ4v) is 3.22. The molecule has 0 radical (unpaired) electrons. The Hall–Kier alpha value is -2.76. The molecular formula is C27H26ClFO. The third-order valence-electron chi connectivity index (χ3n) is 4.86. The van der Waals surface area contributed by atoms with E-state index in [9.17, 15) is 4.39 Å². The summed E-state index contributed by atoms with van der Waals surface area (Å²) >= 11 is 5.70. The van der Waals surface area contributed by atoms with E-state index in [0.717, 1.165) is 35.5 Å². The van der Waals surface area contributed by atoms with Crippen molar-refractivity contribution in [3.05, 3.63) is 88.7 Å². The van der Waals surface area contributed by atoms with Crippen molar-refractivity contribution in [2.75, 3.05) is 6.61 Å². The first-order chi connectivity index (χ1) is 14.7. The first kappa shape index (κ1) is 21.9. The van der Waals surface area contributed by atoms with E-state index in [1.807, 2.05) is 36.4 Å². The average molecular weight is 421 g/mol. The van der Waals surface area contributed by atoms with Crippen molar-refractivity contribution < 1.29 is 9.13 Å². The summed E-state index contributed by atoms with van der Waals surface area (Å²) in [6.07, 6.45) is 6.19. The third kappa shape index (κ3) is 6.65. The first-order valence-electron chi connectivity index (χ1n) is 10.5. The van der Waals surface area contributed by atoms with Crippen molar-refractivity contribution in [2.45, 2.75) is 39.0 Å². The summed E-state index contributed by atoms with van der Waals surface area (Å²) in [5.74, 6) is 6.48. The molecule has 3 rings (SSSR count). The maximum Gasteiger partial charge on any atom is 0.143 e. The fourth-order valence-electron chi connectivity index (χ4n) is 3.10. The van der Waals surface area contributed by atoms with Crippen molar-refractivity contribution >= 4 is 11.6 Å². The van der Waals surface area contributed by atoms with Crippen molar-refractivity contribution in [2.24, 2.45) is 0 Å². The molecule has 0 aromatic heterocycles. The normalized spacial score (nSPS) is 10.4. The van der Waals surface area contributed by atoms with Crippen LogP contribution < -0.4 is 4.74 Å². The predicted octanol–water partition coefficient (Wildman–Crippen LogP) is 7.90. The topological polar surface area (TPSA) is 9.23 Å². The molecule has 3 aromatic rings. The van der Waals surface area contributed by atoms with Gasteiger partial charge in [-0.15, -0.1) is 0 Å². The molecule has 0 fully saturated rings. The third-order valence-corrected chi connectivity index (χ3v) is 5.17. The molecule has 0 saturated heterocycles. The summed E-state index contributed by atoms with van der Waals surface area (Å²) in [5, 5.41) is 0.105. The Bertz CT molecular complexity index is 998. The number of benzene rings is 3. The van der Waals surface area contributed by atoms with E-state index in [-0.39, 0.29) is 5.02 Å². The lowest BCUT2D eigenvalue weighted by Gasteiger charge is -2.07. The lowest BCUT2D eigenvalue weighted by atomic mass is 10.0. The molecule has 0 unspecified atom stereocenters. The summed E-state index contributed by atoms with van der Waals surface area (Å²) in [5.41, 5.74) is 3.72. The van der Waals surface area contributed by atoms with Crippen LogP contribution in [0.1, 0.15) is 50.2 Å². The van der Waals surface area contributed by atoms with Gasteiger partial charge >= 0.3 is 0 Å². The lowest BCUT2D eigenvalue weighted by Crippen LogP contribution is -1.97. The number of hydrogen-bond acceptors (Lipinski definition) is 1. The van der Waals surface area contributed by atoms with Crippen LogP contribution in [0.4, 0.5) is 4.39 Å². The summed E-state index contributed by atoms with van der Waals surface area (Å²) < 4.78 is 19.3. The molecule has 0 spiro atoms. The SMILES string of the molecule is CCCCCCCOc1ccc(-c2ccc(C#Cc3ccc(Cl)c(F)c3)cc2)cc1. The van der Waals surface area contributed by atoms with Crippen molar-refractivity contribution in [3.8, 4) is 28.7 Å². The number of hydrogen-bond donors (Lipinski definition) is 0. The van der Waals surface area contributed by atoms with Gasteiger partial charge in [0, 0.05) is 11.1 Å². The Labute approximate surface area is 183 Å². The molecule has 0 amide bonds. The smallest absolute Gasteiger partial charge is 0.143 e. The largest absolute Gasteiger partial charge is 0.494 e. The van der Waals surface area contributed by atoms with Crippen LogP contribution in [-0.4, -0.2) is 6.61 Å². The molecule has 0 aliphatic heterocycles. The van der Waals surface area contributed by atoms with Gasteiger partial charge in [0.05, 0.1) is 11.6 Å². The van der Waals surface area contributed by atoms with E-state index in [1.165, 1.54) is 37.8 Å². The highest BCUT2D eigenvalue weighted by molar-refractivity contribution is 6.30.